The van der Waals surface area contributed by atoms with E-state index >= 15 is 0 Å². The number of rotatable bonds is 2. The maximum Gasteiger partial charge on any atom is 0.0591 e. The Kier molecular flexibility index (Phi) is 3.50. The summed E-state index contributed by atoms with van der Waals surface area (Å²) >= 11 is 0. The van der Waals surface area contributed by atoms with Crippen LogP contribution in [-0.4, -0.2) is 19.1 Å². The Balaban J connectivity index is 1.68. The Morgan fingerprint density at radius 2 is 1.48 bits per heavy atom. The third kappa shape index (κ3) is 2.39. The molecule has 1 heterocycles. The van der Waals surface area contributed by atoms with Gasteiger partial charge in [-0.2, -0.15) is 0 Å². The van der Waals surface area contributed by atoms with E-state index in [2.05, 4.69) is 59.2 Å². The van der Waals surface area contributed by atoms with Crippen molar-refractivity contribution in [2.45, 2.75) is 31.3 Å². The first-order valence-electron chi connectivity index (χ1n) is 8.08. The summed E-state index contributed by atoms with van der Waals surface area (Å²) < 4.78 is 0. The van der Waals surface area contributed by atoms with E-state index in [1.807, 2.05) is 0 Å². The third-order valence-corrected chi connectivity index (χ3v) is 4.81. The van der Waals surface area contributed by atoms with Crippen LogP contribution in [0.2, 0.25) is 0 Å². The molecule has 2 aromatic rings. The van der Waals surface area contributed by atoms with Crippen molar-refractivity contribution >= 4 is 0 Å². The van der Waals surface area contributed by atoms with Gasteiger partial charge in [0.2, 0.25) is 0 Å². The topological polar surface area (TPSA) is 24.1 Å². The Bertz CT molecular complexity index is 581. The lowest BCUT2D eigenvalue weighted by Gasteiger charge is -2.23. The molecule has 0 amide bonds. The molecule has 4 rings (SSSR count). The maximum absolute atomic E-state index is 3.93. The molecule has 108 valence electrons. The van der Waals surface area contributed by atoms with E-state index in [0.717, 1.165) is 13.1 Å². The van der Waals surface area contributed by atoms with E-state index < -0.39 is 0 Å². The molecule has 2 N–H and O–H groups in total. The van der Waals surface area contributed by atoms with E-state index in [-0.39, 0.29) is 0 Å². The van der Waals surface area contributed by atoms with Crippen LogP contribution in [0.25, 0.3) is 11.1 Å². The minimum absolute atomic E-state index is 0.362. The molecular weight excluding hydrogens is 256 g/mol. The van der Waals surface area contributed by atoms with Crippen molar-refractivity contribution in [2.75, 3.05) is 13.1 Å². The smallest absolute Gasteiger partial charge is 0.0591 e. The van der Waals surface area contributed by atoms with Gasteiger partial charge in [-0.15, -0.1) is 0 Å². The Labute approximate surface area is 126 Å². The first-order valence-corrected chi connectivity index (χ1v) is 8.08. The minimum atomic E-state index is 0.362. The molecule has 2 aliphatic rings. The van der Waals surface area contributed by atoms with Gasteiger partial charge in [0.25, 0.3) is 0 Å². The summed E-state index contributed by atoms with van der Waals surface area (Å²) in [4.78, 5) is 0. The molecule has 0 radical (unpaired) electrons. The second-order valence-corrected chi connectivity index (χ2v) is 6.15. The normalized spacial score (nSPS) is 21.6. The zero-order chi connectivity index (χ0) is 14.1. The van der Waals surface area contributed by atoms with E-state index in [0.29, 0.717) is 12.1 Å². The van der Waals surface area contributed by atoms with Crippen molar-refractivity contribution in [3.05, 3.63) is 59.7 Å². The van der Waals surface area contributed by atoms with Crippen LogP contribution in [0.3, 0.4) is 0 Å². The fourth-order valence-corrected chi connectivity index (χ4v) is 3.76. The van der Waals surface area contributed by atoms with Crippen LogP contribution in [0, 0.1) is 0 Å². The summed E-state index contributed by atoms with van der Waals surface area (Å²) in [6, 6.07) is 18.7. The zero-order valence-corrected chi connectivity index (χ0v) is 12.3. The highest BCUT2D eigenvalue weighted by atomic mass is 15.0. The van der Waals surface area contributed by atoms with Crippen LogP contribution in [0.5, 0.6) is 0 Å². The van der Waals surface area contributed by atoms with E-state index in [1.165, 1.54) is 41.5 Å². The molecule has 0 bridgehead atoms. The summed E-state index contributed by atoms with van der Waals surface area (Å²) in [6.45, 7) is 2.30. The SMILES string of the molecule is c1ccc2c(c1)-c1ccccc1C2NC1CCCNCC1. The molecule has 1 unspecified atom stereocenters. The van der Waals surface area contributed by atoms with Crippen LogP contribution in [0.4, 0.5) is 0 Å². The summed E-state index contributed by atoms with van der Waals surface area (Å²) in [7, 11) is 0. The Morgan fingerprint density at radius 3 is 2.19 bits per heavy atom. The molecule has 2 aromatic carbocycles. The van der Waals surface area contributed by atoms with Crippen molar-refractivity contribution in [1.29, 1.82) is 0 Å². The van der Waals surface area contributed by atoms with Crippen molar-refractivity contribution in [1.82, 2.24) is 10.6 Å². The van der Waals surface area contributed by atoms with Gasteiger partial charge < -0.3 is 10.6 Å². The Hall–Kier alpha value is -1.64. The lowest BCUT2D eigenvalue weighted by molar-refractivity contribution is 0.438. The molecule has 2 nitrogen and oxygen atoms in total. The highest BCUT2D eigenvalue weighted by Gasteiger charge is 2.29. The number of nitrogens with one attached hydrogen (secondary N) is 2. The highest BCUT2D eigenvalue weighted by molar-refractivity contribution is 5.78. The lowest BCUT2D eigenvalue weighted by atomic mass is 10.0. The summed E-state index contributed by atoms with van der Waals surface area (Å²) in [5.74, 6) is 0. The van der Waals surface area contributed by atoms with Crippen LogP contribution >= 0.6 is 0 Å². The van der Waals surface area contributed by atoms with Gasteiger partial charge in [0, 0.05) is 6.04 Å². The van der Waals surface area contributed by atoms with E-state index in [4.69, 9.17) is 0 Å². The summed E-state index contributed by atoms with van der Waals surface area (Å²) in [6.07, 6.45) is 3.77. The Morgan fingerprint density at radius 1 is 0.810 bits per heavy atom. The fourth-order valence-electron chi connectivity index (χ4n) is 3.76. The molecule has 1 aliphatic heterocycles. The van der Waals surface area contributed by atoms with Crippen LogP contribution in [0.15, 0.2) is 48.5 Å². The number of hydrogen-bond acceptors (Lipinski definition) is 2. The predicted octanol–water partition coefficient (Wildman–Crippen LogP) is 3.49. The van der Waals surface area contributed by atoms with Gasteiger partial charge in [0.05, 0.1) is 6.04 Å². The van der Waals surface area contributed by atoms with Crippen molar-refractivity contribution in [3.8, 4) is 11.1 Å². The van der Waals surface area contributed by atoms with Gasteiger partial charge in [-0.25, -0.2) is 0 Å². The van der Waals surface area contributed by atoms with E-state index in [1.54, 1.807) is 0 Å². The first-order chi connectivity index (χ1) is 10.4. The summed E-state index contributed by atoms with van der Waals surface area (Å²) in [5.41, 5.74) is 5.68. The van der Waals surface area contributed by atoms with Crippen LogP contribution < -0.4 is 10.6 Å². The van der Waals surface area contributed by atoms with Gasteiger partial charge in [-0.05, 0) is 54.6 Å². The average molecular weight is 278 g/mol. The molecule has 1 saturated heterocycles. The fraction of sp³-hybridized carbons (Fsp3) is 0.368. The molecular formula is C19H22N2. The third-order valence-electron chi connectivity index (χ3n) is 4.81. The molecule has 2 heteroatoms. The number of benzene rings is 2. The molecule has 0 aromatic heterocycles. The predicted molar refractivity (Wildman–Crippen MR) is 87.4 cm³/mol. The lowest BCUT2D eigenvalue weighted by Crippen LogP contribution is -2.33. The molecule has 1 aliphatic carbocycles. The number of hydrogen-bond donors (Lipinski definition) is 2. The number of fused-ring (bicyclic) bond motifs is 3. The average Bonchev–Trinajstić information content (AvgIpc) is 2.68. The van der Waals surface area contributed by atoms with Gasteiger partial charge in [-0.1, -0.05) is 48.5 Å². The molecule has 21 heavy (non-hydrogen) atoms. The van der Waals surface area contributed by atoms with Gasteiger partial charge >= 0.3 is 0 Å². The largest absolute Gasteiger partial charge is 0.317 e. The van der Waals surface area contributed by atoms with Crippen LogP contribution in [-0.2, 0) is 0 Å². The van der Waals surface area contributed by atoms with Crippen molar-refractivity contribution < 1.29 is 0 Å². The zero-order valence-electron chi connectivity index (χ0n) is 12.3. The van der Waals surface area contributed by atoms with Crippen LogP contribution in [0.1, 0.15) is 36.4 Å². The van der Waals surface area contributed by atoms with Crippen molar-refractivity contribution in [2.24, 2.45) is 0 Å². The second-order valence-electron chi connectivity index (χ2n) is 6.15. The van der Waals surface area contributed by atoms with Crippen molar-refractivity contribution in [3.63, 3.8) is 0 Å². The van der Waals surface area contributed by atoms with E-state index in [9.17, 15) is 0 Å². The molecule has 0 spiro atoms. The molecule has 1 fully saturated rings. The van der Waals surface area contributed by atoms with Gasteiger partial charge in [0.1, 0.15) is 0 Å². The van der Waals surface area contributed by atoms with Gasteiger partial charge in [-0.3, -0.25) is 0 Å². The monoisotopic (exact) mass is 278 g/mol. The van der Waals surface area contributed by atoms with Gasteiger partial charge in [0.15, 0.2) is 0 Å². The molecule has 0 saturated carbocycles. The minimum Gasteiger partial charge on any atom is -0.317 e. The standard InChI is InChI=1S/C19H22N2/c1-3-9-17-15(7-1)16-8-2-4-10-18(16)19(17)21-14-6-5-12-20-13-11-14/h1-4,7-10,14,19-21H,5-6,11-13H2. The second kappa shape index (κ2) is 5.63. The quantitative estimate of drug-likeness (QED) is 0.878. The highest BCUT2D eigenvalue weighted by Crippen LogP contribution is 2.43. The summed E-state index contributed by atoms with van der Waals surface area (Å²) in [5, 5.41) is 7.43. The molecule has 1 atom stereocenters. The maximum atomic E-state index is 3.93. The first kappa shape index (κ1) is 13.1.